The van der Waals surface area contributed by atoms with Crippen LogP contribution in [-0.2, 0) is 4.79 Å². The molecule has 27 heavy (non-hydrogen) atoms. The first-order chi connectivity index (χ1) is 12.5. The highest BCUT2D eigenvalue weighted by molar-refractivity contribution is 6.35. The van der Waals surface area contributed by atoms with Crippen LogP contribution in [0.15, 0.2) is 42.5 Å². The van der Waals surface area contributed by atoms with Crippen LogP contribution in [0.5, 0.6) is 0 Å². The Morgan fingerprint density at radius 3 is 2.59 bits per heavy atom. The third-order valence-corrected chi connectivity index (χ3v) is 4.91. The Bertz CT molecular complexity index is 845. The zero-order valence-electron chi connectivity index (χ0n) is 14.4. The zero-order chi connectivity index (χ0) is 18.7. The van der Waals surface area contributed by atoms with Gasteiger partial charge in [-0.15, -0.1) is 12.4 Å². The molecule has 1 saturated carbocycles. The van der Waals surface area contributed by atoms with Crippen LogP contribution in [-0.4, -0.2) is 24.9 Å². The summed E-state index contributed by atoms with van der Waals surface area (Å²) in [6, 6.07) is 12.2. The van der Waals surface area contributed by atoms with E-state index in [0.29, 0.717) is 40.8 Å². The van der Waals surface area contributed by atoms with Crippen molar-refractivity contribution in [2.75, 3.05) is 18.4 Å². The lowest BCUT2D eigenvalue weighted by atomic mass is 10.1. The maximum Gasteiger partial charge on any atom is 0.253 e. The molecule has 0 spiro atoms. The molecule has 1 aliphatic rings. The quantitative estimate of drug-likeness (QED) is 0.653. The SMILES string of the molecule is Cl.NCCNC(=O)c1ccccc1NC(=O)C1CC1c1ccc(Cl)cc1Cl. The normalized spacial score (nSPS) is 17.6. The summed E-state index contributed by atoms with van der Waals surface area (Å²) < 4.78 is 0. The van der Waals surface area contributed by atoms with Crippen molar-refractivity contribution in [1.29, 1.82) is 0 Å². The molecule has 2 aromatic carbocycles. The minimum Gasteiger partial charge on any atom is -0.351 e. The van der Waals surface area contributed by atoms with Gasteiger partial charge in [-0.05, 0) is 42.2 Å². The van der Waals surface area contributed by atoms with Crippen LogP contribution >= 0.6 is 35.6 Å². The Morgan fingerprint density at radius 2 is 1.89 bits per heavy atom. The van der Waals surface area contributed by atoms with E-state index < -0.39 is 0 Å². The predicted octanol–water partition coefficient (Wildman–Crippen LogP) is 3.85. The van der Waals surface area contributed by atoms with Gasteiger partial charge >= 0.3 is 0 Å². The fourth-order valence-electron chi connectivity index (χ4n) is 2.93. The van der Waals surface area contributed by atoms with E-state index in [4.69, 9.17) is 28.9 Å². The highest BCUT2D eigenvalue weighted by Crippen LogP contribution is 2.50. The fourth-order valence-corrected chi connectivity index (χ4v) is 3.48. The molecular formula is C19H20Cl3N3O2. The summed E-state index contributed by atoms with van der Waals surface area (Å²) in [6.45, 7) is 0.729. The number of amides is 2. The average Bonchev–Trinajstić information content (AvgIpc) is 3.40. The summed E-state index contributed by atoms with van der Waals surface area (Å²) in [6.07, 6.45) is 0.717. The standard InChI is InChI=1S/C19H19Cl2N3O2.ClH/c20-11-5-6-12(16(21)9-11)14-10-15(14)19(26)24-17-4-2-1-3-13(17)18(25)23-8-7-22;/h1-6,9,14-15H,7-8,10,22H2,(H,23,25)(H,24,26);1H. The molecule has 2 unspecified atom stereocenters. The van der Waals surface area contributed by atoms with E-state index in [1.807, 2.05) is 6.07 Å². The molecule has 1 fully saturated rings. The fraction of sp³-hybridized carbons (Fsp3) is 0.263. The summed E-state index contributed by atoms with van der Waals surface area (Å²) in [4.78, 5) is 24.8. The van der Waals surface area contributed by atoms with E-state index in [2.05, 4.69) is 10.6 Å². The van der Waals surface area contributed by atoms with Crippen molar-refractivity contribution in [3.63, 3.8) is 0 Å². The van der Waals surface area contributed by atoms with Gasteiger partial charge in [0, 0.05) is 29.1 Å². The predicted molar refractivity (Wildman–Crippen MR) is 111 cm³/mol. The molecule has 0 saturated heterocycles. The molecule has 0 aromatic heterocycles. The first kappa shape index (κ1) is 21.5. The van der Waals surface area contributed by atoms with Gasteiger partial charge in [-0.2, -0.15) is 0 Å². The van der Waals surface area contributed by atoms with Crippen molar-refractivity contribution in [3.05, 3.63) is 63.6 Å². The summed E-state index contributed by atoms with van der Waals surface area (Å²) in [5.41, 5.74) is 7.23. The zero-order valence-corrected chi connectivity index (χ0v) is 16.7. The highest BCUT2D eigenvalue weighted by Gasteiger charge is 2.45. The smallest absolute Gasteiger partial charge is 0.253 e. The number of hydrogen-bond donors (Lipinski definition) is 3. The van der Waals surface area contributed by atoms with Crippen LogP contribution in [0.25, 0.3) is 0 Å². The average molecular weight is 429 g/mol. The van der Waals surface area contributed by atoms with Crippen molar-refractivity contribution in [2.24, 2.45) is 11.7 Å². The Morgan fingerprint density at radius 1 is 1.15 bits per heavy atom. The minimum atomic E-state index is -0.264. The maximum atomic E-state index is 12.6. The number of hydrogen-bond acceptors (Lipinski definition) is 3. The van der Waals surface area contributed by atoms with Crippen molar-refractivity contribution in [2.45, 2.75) is 12.3 Å². The molecule has 2 aromatic rings. The van der Waals surface area contributed by atoms with Crippen molar-refractivity contribution < 1.29 is 9.59 Å². The number of carbonyl (C=O) groups excluding carboxylic acids is 2. The Hall–Kier alpha value is -1.79. The molecule has 5 nitrogen and oxygen atoms in total. The number of nitrogens with two attached hydrogens (primary N) is 1. The molecule has 0 radical (unpaired) electrons. The molecule has 144 valence electrons. The minimum absolute atomic E-state index is 0. The largest absolute Gasteiger partial charge is 0.351 e. The van der Waals surface area contributed by atoms with E-state index in [1.54, 1.807) is 36.4 Å². The number of rotatable bonds is 6. The molecule has 2 atom stereocenters. The van der Waals surface area contributed by atoms with Gasteiger partial charge in [0.05, 0.1) is 11.3 Å². The van der Waals surface area contributed by atoms with Crippen LogP contribution in [0.4, 0.5) is 5.69 Å². The number of anilines is 1. The van der Waals surface area contributed by atoms with Gasteiger partial charge in [-0.25, -0.2) is 0 Å². The van der Waals surface area contributed by atoms with E-state index >= 15 is 0 Å². The van der Waals surface area contributed by atoms with Gasteiger partial charge in [0.25, 0.3) is 5.91 Å². The third kappa shape index (κ3) is 5.14. The lowest BCUT2D eigenvalue weighted by Gasteiger charge is -2.11. The van der Waals surface area contributed by atoms with E-state index in [0.717, 1.165) is 5.56 Å². The van der Waals surface area contributed by atoms with Crippen LogP contribution < -0.4 is 16.4 Å². The molecule has 2 amide bonds. The molecule has 0 bridgehead atoms. The van der Waals surface area contributed by atoms with Gasteiger partial charge in [0.1, 0.15) is 0 Å². The number of carbonyl (C=O) groups is 2. The molecular weight excluding hydrogens is 409 g/mol. The second-order valence-electron chi connectivity index (χ2n) is 6.19. The second-order valence-corrected chi connectivity index (χ2v) is 7.04. The maximum absolute atomic E-state index is 12.6. The second kappa shape index (κ2) is 9.42. The van der Waals surface area contributed by atoms with E-state index in [1.165, 1.54) is 0 Å². The molecule has 3 rings (SSSR count). The summed E-state index contributed by atoms with van der Waals surface area (Å²) in [5.74, 6) is -0.494. The molecule has 0 aliphatic heterocycles. The summed E-state index contributed by atoms with van der Waals surface area (Å²) in [5, 5.41) is 6.71. The van der Waals surface area contributed by atoms with Gasteiger partial charge in [0.15, 0.2) is 0 Å². The molecule has 1 aliphatic carbocycles. The van der Waals surface area contributed by atoms with Gasteiger partial charge in [-0.1, -0.05) is 41.4 Å². The van der Waals surface area contributed by atoms with Gasteiger partial charge in [0.2, 0.25) is 5.91 Å². The monoisotopic (exact) mass is 427 g/mol. The first-order valence-electron chi connectivity index (χ1n) is 8.34. The number of para-hydroxylation sites is 1. The third-order valence-electron chi connectivity index (χ3n) is 4.35. The Labute approximate surface area is 174 Å². The van der Waals surface area contributed by atoms with Crippen LogP contribution in [0.2, 0.25) is 10.0 Å². The summed E-state index contributed by atoms with van der Waals surface area (Å²) in [7, 11) is 0. The van der Waals surface area contributed by atoms with Crippen LogP contribution in [0, 0.1) is 5.92 Å². The van der Waals surface area contributed by atoms with Gasteiger partial charge in [-0.3, -0.25) is 9.59 Å². The van der Waals surface area contributed by atoms with E-state index in [-0.39, 0.29) is 36.1 Å². The highest BCUT2D eigenvalue weighted by atomic mass is 35.5. The number of halogens is 3. The van der Waals surface area contributed by atoms with Gasteiger partial charge < -0.3 is 16.4 Å². The topological polar surface area (TPSA) is 84.2 Å². The molecule has 8 heteroatoms. The van der Waals surface area contributed by atoms with E-state index in [9.17, 15) is 9.59 Å². The number of nitrogens with one attached hydrogen (secondary N) is 2. The first-order valence-corrected chi connectivity index (χ1v) is 9.10. The molecule has 4 N–H and O–H groups in total. The Balaban J connectivity index is 0.00000261. The van der Waals surface area contributed by atoms with Crippen molar-refractivity contribution in [1.82, 2.24) is 5.32 Å². The summed E-state index contributed by atoms with van der Waals surface area (Å²) >= 11 is 12.2. The van der Waals surface area contributed by atoms with Crippen molar-refractivity contribution in [3.8, 4) is 0 Å². The number of benzene rings is 2. The van der Waals surface area contributed by atoms with Crippen LogP contribution in [0.1, 0.15) is 28.3 Å². The Kier molecular flexibility index (Phi) is 7.50. The van der Waals surface area contributed by atoms with Crippen molar-refractivity contribution >= 4 is 53.1 Å². The lowest BCUT2D eigenvalue weighted by molar-refractivity contribution is -0.117. The molecule has 0 heterocycles. The van der Waals surface area contributed by atoms with Crippen LogP contribution in [0.3, 0.4) is 0 Å². The lowest BCUT2D eigenvalue weighted by Crippen LogP contribution is -2.30.